The van der Waals surface area contributed by atoms with E-state index in [0.29, 0.717) is 26.4 Å². The summed E-state index contributed by atoms with van der Waals surface area (Å²) < 4.78 is 5.72. The molecule has 1 N–H and O–H groups in total. The monoisotopic (exact) mass is 344 g/mol. The Labute approximate surface area is 137 Å². The summed E-state index contributed by atoms with van der Waals surface area (Å²) in [4.78, 5) is 11.0. The molecule has 0 aromatic heterocycles. The second-order valence-corrected chi connectivity index (χ2v) is 5.58. The number of hydrogen-bond donors (Lipinski definition) is 1. The van der Waals surface area contributed by atoms with Crippen molar-refractivity contribution in [1.82, 2.24) is 0 Å². The smallest absolute Gasteiger partial charge is 0.307 e. The number of carboxylic acids is 1. The Kier molecular flexibility index (Phi) is 5.34. The molecule has 0 heterocycles. The molecule has 1 atom stereocenters. The van der Waals surface area contributed by atoms with E-state index in [4.69, 9.17) is 44.6 Å². The van der Waals surface area contributed by atoms with Gasteiger partial charge in [-0.25, -0.2) is 0 Å². The van der Waals surface area contributed by atoms with E-state index in [1.54, 1.807) is 42.5 Å². The molecule has 0 radical (unpaired) electrons. The summed E-state index contributed by atoms with van der Waals surface area (Å²) in [6.07, 6.45) is -0.862. The van der Waals surface area contributed by atoms with Crippen molar-refractivity contribution in [3.05, 3.63) is 63.1 Å². The number of rotatable bonds is 5. The average molecular weight is 346 g/mol. The Morgan fingerprint density at radius 3 is 2.29 bits per heavy atom. The van der Waals surface area contributed by atoms with E-state index >= 15 is 0 Å². The van der Waals surface area contributed by atoms with Gasteiger partial charge < -0.3 is 9.84 Å². The molecule has 110 valence electrons. The van der Waals surface area contributed by atoms with Crippen LogP contribution in [0.25, 0.3) is 0 Å². The molecule has 2 rings (SSSR count). The fraction of sp³-hybridized carbons (Fsp3) is 0.133. The van der Waals surface area contributed by atoms with Gasteiger partial charge in [0, 0.05) is 5.02 Å². The molecular formula is C15H11Cl3O3. The topological polar surface area (TPSA) is 46.5 Å². The highest BCUT2D eigenvalue weighted by Gasteiger charge is 2.18. The van der Waals surface area contributed by atoms with Crippen LogP contribution in [-0.2, 0) is 4.79 Å². The molecule has 3 nitrogen and oxygen atoms in total. The van der Waals surface area contributed by atoms with Gasteiger partial charge in [0.15, 0.2) is 0 Å². The van der Waals surface area contributed by atoms with Gasteiger partial charge in [0.05, 0.1) is 16.5 Å². The molecular weight excluding hydrogens is 335 g/mol. The molecule has 0 spiro atoms. The molecule has 21 heavy (non-hydrogen) atoms. The van der Waals surface area contributed by atoms with Crippen molar-refractivity contribution in [3.8, 4) is 5.75 Å². The largest absolute Gasteiger partial charge is 0.485 e. The zero-order valence-electron chi connectivity index (χ0n) is 10.7. The highest BCUT2D eigenvalue weighted by molar-refractivity contribution is 6.42. The maximum Gasteiger partial charge on any atom is 0.307 e. The normalized spacial score (nSPS) is 12.0. The maximum absolute atomic E-state index is 11.0. The predicted molar refractivity (Wildman–Crippen MR) is 83.5 cm³/mol. The molecule has 0 aliphatic rings. The standard InChI is InChI=1S/C15H11Cl3O3/c16-10-2-4-11(5-3-10)21-14(8-15(19)20)9-1-6-12(17)13(18)7-9/h1-7,14H,8H2,(H,19,20). The van der Waals surface area contributed by atoms with Crippen LogP contribution in [0.4, 0.5) is 0 Å². The minimum atomic E-state index is -0.972. The lowest BCUT2D eigenvalue weighted by molar-refractivity contribution is -0.138. The first-order chi connectivity index (χ1) is 9.95. The first kappa shape index (κ1) is 16.0. The quantitative estimate of drug-likeness (QED) is 0.806. The Balaban J connectivity index is 2.26. The molecule has 1 unspecified atom stereocenters. The number of carbonyl (C=O) groups is 1. The van der Waals surface area contributed by atoms with Gasteiger partial charge in [-0.3, -0.25) is 4.79 Å². The van der Waals surface area contributed by atoms with Gasteiger partial charge >= 0.3 is 5.97 Å². The third kappa shape index (κ3) is 4.53. The molecule has 0 aliphatic carbocycles. The van der Waals surface area contributed by atoms with Crippen LogP contribution >= 0.6 is 34.8 Å². The Morgan fingerprint density at radius 2 is 1.71 bits per heavy atom. The molecule has 0 saturated carbocycles. The third-order valence-corrected chi connectivity index (χ3v) is 3.76. The molecule has 0 aliphatic heterocycles. The summed E-state index contributed by atoms with van der Waals surface area (Å²) in [6.45, 7) is 0. The fourth-order valence-electron chi connectivity index (χ4n) is 1.78. The van der Waals surface area contributed by atoms with Crippen molar-refractivity contribution in [3.63, 3.8) is 0 Å². The second kappa shape index (κ2) is 7.03. The summed E-state index contributed by atoms with van der Waals surface area (Å²) in [6, 6.07) is 11.6. The summed E-state index contributed by atoms with van der Waals surface area (Å²) in [7, 11) is 0. The molecule has 2 aromatic carbocycles. The lowest BCUT2D eigenvalue weighted by Crippen LogP contribution is -2.13. The number of hydrogen-bond acceptors (Lipinski definition) is 2. The maximum atomic E-state index is 11.0. The van der Waals surface area contributed by atoms with Crippen LogP contribution in [0, 0.1) is 0 Å². The minimum absolute atomic E-state index is 0.194. The van der Waals surface area contributed by atoms with Gasteiger partial charge in [-0.2, -0.15) is 0 Å². The first-order valence-electron chi connectivity index (χ1n) is 6.04. The van der Waals surface area contributed by atoms with Crippen LogP contribution in [0.5, 0.6) is 5.75 Å². The average Bonchev–Trinajstić information content (AvgIpc) is 2.43. The van der Waals surface area contributed by atoms with Gasteiger partial charge in [-0.15, -0.1) is 0 Å². The van der Waals surface area contributed by atoms with Crippen LogP contribution in [-0.4, -0.2) is 11.1 Å². The molecule has 0 amide bonds. The zero-order chi connectivity index (χ0) is 15.4. The van der Waals surface area contributed by atoms with E-state index in [1.165, 1.54) is 0 Å². The molecule has 0 bridgehead atoms. The van der Waals surface area contributed by atoms with Crippen LogP contribution in [0.1, 0.15) is 18.1 Å². The van der Waals surface area contributed by atoms with E-state index in [-0.39, 0.29) is 6.42 Å². The number of aliphatic carboxylic acids is 1. The van der Waals surface area contributed by atoms with E-state index in [9.17, 15) is 4.79 Å². The van der Waals surface area contributed by atoms with Crippen LogP contribution < -0.4 is 4.74 Å². The summed E-state index contributed by atoms with van der Waals surface area (Å²) in [5, 5.41) is 10.4. The SMILES string of the molecule is O=C(O)CC(Oc1ccc(Cl)cc1)c1ccc(Cl)c(Cl)c1. The van der Waals surface area contributed by atoms with Gasteiger partial charge in [0.25, 0.3) is 0 Å². The van der Waals surface area contributed by atoms with E-state index in [2.05, 4.69) is 0 Å². The van der Waals surface area contributed by atoms with Crippen LogP contribution in [0.3, 0.4) is 0 Å². The Hall–Kier alpha value is -1.42. The molecule has 6 heteroatoms. The molecule has 0 fully saturated rings. The van der Waals surface area contributed by atoms with Crippen molar-refractivity contribution in [2.24, 2.45) is 0 Å². The van der Waals surface area contributed by atoms with Crippen molar-refractivity contribution in [2.75, 3.05) is 0 Å². The number of benzene rings is 2. The summed E-state index contributed by atoms with van der Waals surface area (Å²) >= 11 is 17.6. The van der Waals surface area contributed by atoms with E-state index in [0.717, 1.165) is 0 Å². The Morgan fingerprint density at radius 1 is 1.05 bits per heavy atom. The zero-order valence-corrected chi connectivity index (χ0v) is 13.0. The van der Waals surface area contributed by atoms with Gasteiger partial charge in [-0.1, -0.05) is 40.9 Å². The lowest BCUT2D eigenvalue weighted by Gasteiger charge is -2.18. The highest BCUT2D eigenvalue weighted by Crippen LogP contribution is 2.30. The highest BCUT2D eigenvalue weighted by atomic mass is 35.5. The molecule has 2 aromatic rings. The second-order valence-electron chi connectivity index (χ2n) is 4.33. The van der Waals surface area contributed by atoms with Crippen molar-refractivity contribution in [1.29, 1.82) is 0 Å². The van der Waals surface area contributed by atoms with Gasteiger partial charge in [0.2, 0.25) is 0 Å². The van der Waals surface area contributed by atoms with Gasteiger partial charge in [0.1, 0.15) is 11.9 Å². The van der Waals surface area contributed by atoms with Crippen molar-refractivity contribution in [2.45, 2.75) is 12.5 Å². The van der Waals surface area contributed by atoms with Crippen molar-refractivity contribution < 1.29 is 14.6 Å². The number of carboxylic acid groups (broad SMARTS) is 1. The number of ether oxygens (including phenoxy) is 1. The van der Waals surface area contributed by atoms with Crippen LogP contribution in [0.15, 0.2) is 42.5 Å². The Bertz CT molecular complexity index is 641. The summed E-state index contributed by atoms with van der Waals surface area (Å²) in [5.41, 5.74) is 0.641. The van der Waals surface area contributed by atoms with E-state index in [1.807, 2.05) is 0 Å². The lowest BCUT2D eigenvalue weighted by atomic mass is 10.1. The predicted octanol–water partition coefficient (Wildman–Crippen LogP) is 5.24. The van der Waals surface area contributed by atoms with E-state index < -0.39 is 12.1 Å². The minimum Gasteiger partial charge on any atom is -0.485 e. The van der Waals surface area contributed by atoms with Gasteiger partial charge in [-0.05, 0) is 42.0 Å². The third-order valence-electron chi connectivity index (χ3n) is 2.77. The first-order valence-corrected chi connectivity index (χ1v) is 7.18. The molecule has 0 saturated heterocycles. The summed E-state index contributed by atoms with van der Waals surface area (Å²) in [5.74, 6) is -0.447. The fourth-order valence-corrected chi connectivity index (χ4v) is 2.21. The number of halogens is 3. The van der Waals surface area contributed by atoms with Crippen LogP contribution in [0.2, 0.25) is 15.1 Å². The van der Waals surface area contributed by atoms with Crippen molar-refractivity contribution >= 4 is 40.8 Å².